The molecule has 0 amide bonds. The molecule has 0 bridgehead atoms. The lowest BCUT2D eigenvalue weighted by Gasteiger charge is -2.35. The van der Waals surface area contributed by atoms with E-state index < -0.39 is 25.4 Å². The molecule has 168 valence electrons. The van der Waals surface area contributed by atoms with Crippen LogP contribution in [0.1, 0.15) is 33.6 Å². The van der Waals surface area contributed by atoms with E-state index in [4.69, 9.17) is 9.47 Å². The third-order valence-electron chi connectivity index (χ3n) is 5.97. The van der Waals surface area contributed by atoms with Crippen molar-refractivity contribution in [3.63, 3.8) is 0 Å². The Morgan fingerprint density at radius 1 is 1.06 bits per heavy atom. The van der Waals surface area contributed by atoms with Crippen LogP contribution in [0.2, 0.25) is 19.1 Å². The van der Waals surface area contributed by atoms with Gasteiger partial charge in [0.25, 0.3) is 0 Å². The molecule has 1 aromatic carbocycles. The number of hydrogen-bond acceptors (Lipinski definition) is 4. The molecule has 0 radical (unpaired) electrons. The molecule has 0 fully saturated rings. The first kappa shape index (κ1) is 24.9. The number of benzene rings is 1. The Labute approximate surface area is 188 Å². The standard InChI is InChI=1S/C26H36O4Si/c1-6-29-24(27)26(25(28)30-7-2,22-14-10-8-11-15-22)20-21(3)18-19-31(4,5)23-16-12-9-13-17-23/h8-14,16-18,22H,6-7,15,19-20H2,1-5H3/b21-18+. The first-order valence-corrected chi connectivity index (χ1v) is 14.4. The van der Waals surface area contributed by atoms with Gasteiger partial charge in [-0.2, -0.15) is 0 Å². The first-order valence-electron chi connectivity index (χ1n) is 11.2. The van der Waals surface area contributed by atoms with E-state index in [9.17, 15) is 9.59 Å². The SMILES string of the molecule is CCOC(=O)C(C/C(C)=C/C[Si](C)(C)c1ccccc1)(C(=O)OCC)C1C=CC=CC1. The molecule has 0 N–H and O–H groups in total. The van der Waals surface area contributed by atoms with Crippen LogP contribution in [-0.4, -0.2) is 33.2 Å². The maximum absolute atomic E-state index is 13.2. The van der Waals surface area contributed by atoms with Crippen molar-refractivity contribution in [2.75, 3.05) is 13.2 Å². The minimum atomic E-state index is -1.68. The molecule has 4 nitrogen and oxygen atoms in total. The van der Waals surface area contributed by atoms with Gasteiger partial charge in [0.05, 0.1) is 21.3 Å². The molecule has 0 heterocycles. The van der Waals surface area contributed by atoms with E-state index in [0.717, 1.165) is 11.6 Å². The lowest BCUT2D eigenvalue weighted by atomic mass is 9.68. The van der Waals surface area contributed by atoms with Crippen molar-refractivity contribution in [1.82, 2.24) is 0 Å². The summed E-state index contributed by atoms with van der Waals surface area (Å²) in [5.74, 6) is -1.28. The predicted octanol–water partition coefficient (Wildman–Crippen LogP) is 5.18. The lowest BCUT2D eigenvalue weighted by molar-refractivity contribution is -0.175. The van der Waals surface area contributed by atoms with Crippen molar-refractivity contribution < 1.29 is 19.1 Å². The average Bonchev–Trinajstić information content (AvgIpc) is 2.77. The molecule has 0 aromatic heterocycles. The Hall–Kier alpha value is -2.40. The molecule has 1 aliphatic carbocycles. The molecule has 0 saturated carbocycles. The van der Waals surface area contributed by atoms with Gasteiger partial charge in [-0.15, -0.1) is 0 Å². The van der Waals surface area contributed by atoms with Crippen LogP contribution < -0.4 is 5.19 Å². The Balaban J connectivity index is 2.37. The van der Waals surface area contributed by atoms with Gasteiger partial charge in [0.2, 0.25) is 0 Å². The number of allylic oxidation sites excluding steroid dienone is 6. The van der Waals surface area contributed by atoms with Gasteiger partial charge in [0, 0.05) is 5.92 Å². The maximum Gasteiger partial charge on any atom is 0.324 e. The number of carbonyl (C=O) groups excluding carboxylic acids is 2. The largest absolute Gasteiger partial charge is 0.465 e. The number of ether oxygens (including phenoxy) is 2. The second kappa shape index (κ2) is 11.3. The maximum atomic E-state index is 13.2. The van der Waals surface area contributed by atoms with Gasteiger partial charge in [-0.3, -0.25) is 9.59 Å². The fourth-order valence-electron chi connectivity index (χ4n) is 4.08. The third-order valence-corrected chi connectivity index (χ3v) is 9.09. The molecular formula is C26H36O4Si. The summed E-state index contributed by atoms with van der Waals surface area (Å²) in [5, 5.41) is 1.39. The first-order chi connectivity index (χ1) is 14.8. The van der Waals surface area contributed by atoms with Crippen molar-refractivity contribution in [2.24, 2.45) is 11.3 Å². The summed E-state index contributed by atoms with van der Waals surface area (Å²) >= 11 is 0. The van der Waals surface area contributed by atoms with Gasteiger partial charge in [0.15, 0.2) is 5.41 Å². The summed E-state index contributed by atoms with van der Waals surface area (Å²) < 4.78 is 10.9. The number of esters is 2. The zero-order valence-corrected chi connectivity index (χ0v) is 20.5. The van der Waals surface area contributed by atoms with Crippen molar-refractivity contribution in [3.05, 3.63) is 66.3 Å². The van der Waals surface area contributed by atoms with Crippen molar-refractivity contribution in [3.8, 4) is 0 Å². The van der Waals surface area contributed by atoms with Crippen LogP contribution in [0.3, 0.4) is 0 Å². The Morgan fingerprint density at radius 2 is 1.68 bits per heavy atom. The highest BCUT2D eigenvalue weighted by atomic mass is 28.3. The van der Waals surface area contributed by atoms with E-state index in [1.807, 2.05) is 37.3 Å². The van der Waals surface area contributed by atoms with Crippen LogP contribution in [0, 0.1) is 11.3 Å². The molecule has 1 unspecified atom stereocenters. The highest BCUT2D eigenvalue weighted by Gasteiger charge is 2.53. The second-order valence-electron chi connectivity index (χ2n) is 8.75. The molecule has 0 aliphatic heterocycles. The van der Waals surface area contributed by atoms with E-state index in [1.165, 1.54) is 5.19 Å². The fraction of sp³-hybridized carbons (Fsp3) is 0.462. The minimum Gasteiger partial charge on any atom is -0.465 e. The summed E-state index contributed by atoms with van der Waals surface area (Å²) in [7, 11) is -1.68. The van der Waals surface area contributed by atoms with E-state index >= 15 is 0 Å². The van der Waals surface area contributed by atoms with Gasteiger partial charge in [-0.1, -0.05) is 84.6 Å². The summed E-state index contributed by atoms with van der Waals surface area (Å²) in [4.78, 5) is 26.5. The smallest absolute Gasteiger partial charge is 0.324 e. The van der Waals surface area contributed by atoms with Crippen molar-refractivity contribution in [2.45, 2.75) is 52.8 Å². The summed E-state index contributed by atoms with van der Waals surface area (Å²) in [6, 6.07) is 11.5. The van der Waals surface area contributed by atoms with Crippen LogP contribution in [0.4, 0.5) is 0 Å². The molecule has 5 heteroatoms. The summed E-state index contributed by atoms with van der Waals surface area (Å²) in [6.07, 6.45) is 10.9. The predicted molar refractivity (Wildman–Crippen MR) is 129 cm³/mol. The van der Waals surface area contributed by atoms with Gasteiger partial charge in [-0.05, 0) is 39.7 Å². The molecule has 0 saturated heterocycles. The van der Waals surface area contributed by atoms with Crippen molar-refractivity contribution in [1.29, 1.82) is 0 Å². The molecule has 31 heavy (non-hydrogen) atoms. The van der Waals surface area contributed by atoms with Crippen LogP contribution in [0.5, 0.6) is 0 Å². The fourth-order valence-corrected chi connectivity index (χ4v) is 6.27. The van der Waals surface area contributed by atoms with Gasteiger partial charge in [0.1, 0.15) is 0 Å². The molecular weight excluding hydrogens is 404 g/mol. The van der Waals surface area contributed by atoms with E-state index in [-0.39, 0.29) is 19.1 Å². The van der Waals surface area contributed by atoms with E-state index in [2.05, 4.69) is 43.4 Å². The molecule has 1 aliphatic rings. The van der Waals surface area contributed by atoms with E-state index in [0.29, 0.717) is 12.8 Å². The molecule has 2 rings (SSSR count). The van der Waals surface area contributed by atoms with Crippen LogP contribution in [-0.2, 0) is 19.1 Å². The van der Waals surface area contributed by atoms with Crippen LogP contribution >= 0.6 is 0 Å². The van der Waals surface area contributed by atoms with E-state index in [1.54, 1.807) is 13.8 Å². The summed E-state index contributed by atoms with van der Waals surface area (Å²) in [5.41, 5.74) is -0.354. The quantitative estimate of drug-likeness (QED) is 0.218. The second-order valence-corrected chi connectivity index (χ2v) is 13.5. The Bertz CT molecular complexity index is 818. The van der Waals surface area contributed by atoms with Crippen LogP contribution in [0.25, 0.3) is 0 Å². The van der Waals surface area contributed by atoms with Gasteiger partial charge in [-0.25, -0.2) is 0 Å². The number of rotatable bonds is 10. The minimum absolute atomic E-state index is 0.225. The molecule has 0 spiro atoms. The number of hydrogen-bond donors (Lipinski definition) is 0. The number of carbonyl (C=O) groups is 2. The highest BCUT2D eigenvalue weighted by molar-refractivity contribution is 6.90. The Kier molecular flexibility index (Phi) is 9.05. The summed E-state index contributed by atoms with van der Waals surface area (Å²) in [6.45, 7) is 10.7. The Morgan fingerprint density at radius 3 is 2.19 bits per heavy atom. The topological polar surface area (TPSA) is 52.6 Å². The lowest BCUT2D eigenvalue weighted by Crippen LogP contribution is -2.48. The zero-order chi connectivity index (χ0) is 22.9. The van der Waals surface area contributed by atoms with Gasteiger partial charge >= 0.3 is 11.9 Å². The van der Waals surface area contributed by atoms with Crippen LogP contribution in [0.15, 0.2) is 66.3 Å². The highest BCUT2D eigenvalue weighted by Crippen LogP contribution is 2.42. The van der Waals surface area contributed by atoms with Crippen molar-refractivity contribution >= 4 is 25.2 Å². The zero-order valence-electron chi connectivity index (χ0n) is 19.5. The monoisotopic (exact) mass is 440 g/mol. The molecule has 1 aromatic rings. The normalized spacial score (nSPS) is 16.8. The third kappa shape index (κ3) is 6.07. The average molecular weight is 441 g/mol. The van der Waals surface area contributed by atoms with Gasteiger partial charge < -0.3 is 9.47 Å². The molecule has 1 atom stereocenters.